The van der Waals surface area contributed by atoms with E-state index in [-0.39, 0.29) is 17.7 Å². The number of amides is 3. The number of H-pyrrole nitrogens is 2. The fraction of sp³-hybridized carbons (Fsp3) is 0.474. The quantitative estimate of drug-likeness (QED) is 0.247. The highest BCUT2D eigenvalue weighted by Gasteiger charge is 2.32. The van der Waals surface area contributed by atoms with Crippen LogP contribution >= 0.6 is 0 Å². The Balaban J connectivity index is 0.909. The van der Waals surface area contributed by atoms with Gasteiger partial charge in [0.25, 0.3) is 5.91 Å². The average molecular weight is 633 g/mol. The molecule has 4 aromatic rings. The van der Waals surface area contributed by atoms with Crippen molar-refractivity contribution in [3.05, 3.63) is 64.8 Å². The minimum atomic E-state index is -0.0933. The van der Waals surface area contributed by atoms with Gasteiger partial charge in [0.15, 0.2) is 0 Å². The van der Waals surface area contributed by atoms with Crippen molar-refractivity contribution in [2.45, 2.75) is 78.1 Å². The molecule has 3 aliphatic heterocycles. The number of piperidine rings is 2. The van der Waals surface area contributed by atoms with Crippen LogP contribution in [0.25, 0.3) is 22.3 Å². The van der Waals surface area contributed by atoms with Gasteiger partial charge >= 0.3 is 0 Å². The molecule has 9 nitrogen and oxygen atoms in total. The molecule has 0 bridgehead atoms. The molecular weight excluding hydrogens is 588 g/mol. The Bertz CT molecular complexity index is 1860. The summed E-state index contributed by atoms with van der Waals surface area (Å²) in [6.07, 6.45) is 8.67. The molecule has 0 atom stereocenters. The molecule has 0 saturated carbocycles. The van der Waals surface area contributed by atoms with Gasteiger partial charge < -0.3 is 14.8 Å². The van der Waals surface area contributed by atoms with Crippen molar-refractivity contribution in [3.8, 4) is 11.4 Å². The van der Waals surface area contributed by atoms with Crippen molar-refractivity contribution in [2.24, 2.45) is 11.3 Å². The van der Waals surface area contributed by atoms with Gasteiger partial charge in [-0.3, -0.25) is 24.4 Å². The maximum Gasteiger partial charge on any atom is 0.253 e. The Hall–Kier alpha value is -4.40. The SMILES string of the molecule is CC1(C)CCc2c(-c3cc4ccc(C(=O)N5CCC(CN6CCCc7cc(N8C(=O)CCCC8=O)ccc76)CC5)cc4[nH]3)n[nH]c2C1. The van der Waals surface area contributed by atoms with E-state index in [1.54, 1.807) is 0 Å². The third-order valence-corrected chi connectivity index (χ3v) is 11.0. The molecule has 4 aliphatic rings. The van der Waals surface area contributed by atoms with Crippen LogP contribution in [0, 0.1) is 11.3 Å². The van der Waals surface area contributed by atoms with Gasteiger partial charge in [0.05, 0.1) is 11.4 Å². The summed E-state index contributed by atoms with van der Waals surface area (Å²) in [5.74, 6) is 0.417. The van der Waals surface area contributed by atoms with E-state index in [2.05, 4.69) is 52.1 Å². The summed E-state index contributed by atoms with van der Waals surface area (Å²) in [5.41, 5.74) is 9.71. The van der Waals surface area contributed by atoms with Gasteiger partial charge in [-0.15, -0.1) is 0 Å². The van der Waals surface area contributed by atoms with E-state index in [0.717, 1.165) is 99.0 Å². The van der Waals surface area contributed by atoms with E-state index in [0.29, 0.717) is 36.3 Å². The molecule has 2 N–H and O–H groups in total. The second-order valence-corrected chi connectivity index (χ2v) is 14.9. The lowest BCUT2D eigenvalue weighted by molar-refractivity contribution is -0.129. The lowest BCUT2D eigenvalue weighted by Crippen LogP contribution is -2.43. The van der Waals surface area contributed by atoms with E-state index < -0.39 is 0 Å². The van der Waals surface area contributed by atoms with Gasteiger partial charge in [0.1, 0.15) is 5.69 Å². The molecule has 2 fully saturated rings. The van der Waals surface area contributed by atoms with E-state index in [1.165, 1.54) is 27.4 Å². The second-order valence-electron chi connectivity index (χ2n) is 14.9. The van der Waals surface area contributed by atoms with Crippen molar-refractivity contribution in [2.75, 3.05) is 36.0 Å². The zero-order chi connectivity index (χ0) is 32.3. The van der Waals surface area contributed by atoms with Crippen LogP contribution in [-0.2, 0) is 28.9 Å². The van der Waals surface area contributed by atoms with Crippen LogP contribution < -0.4 is 9.80 Å². The zero-order valence-electron chi connectivity index (χ0n) is 27.5. The fourth-order valence-corrected chi connectivity index (χ4v) is 8.30. The normalized spacial score (nSPS) is 20.1. The number of nitrogens with zero attached hydrogens (tertiary/aromatic N) is 4. The maximum atomic E-state index is 13.6. The number of carbonyl (C=O) groups is 3. The van der Waals surface area contributed by atoms with E-state index in [9.17, 15) is 14.4 Å². The molecular formula is C38H44N6O3. The number of likely N-dealkylation sites (tertiary alicyclic amines) is 1. The third kappa shape index (κ3) is 5.63. The first-order valence-electron chi connectivity index (χ1n) is 17.4. The number of carbonyl (C=O) groups excluding carboxylic acids is 3. The van der Waals surface area contributed by atoms with Crippen molar-refractivity contribution < 1.29 is 14.4 Å². The number of benzene rings is 2. The highest BCUT2D eigenvalue weighted by molar-refractivity contribution is 6.16. The number of hydrogen-bond donors (Lipinski definition) is 2. The summed E-state index contributed by atoms with van der Waals surface area (Å²) in [6, 6.07) is 14.2. The van der Waals surface area contributed by atoms with E-state index in [4.69, 9.17) is 0 Å². The van der Waals surface area contributed by atoms with Crippen LogP contribution in [0.3, 0.4) is 0 Å². The topological polar surface area (TPSA) is 105 Å². The fourth-order valence-electron chi connectivity index (χ4n) is 8.30. The second kappa shape index (κ2) is 11.7. The lowest BCUT2D eigenvalue weighted by atomic mass is 9.76. The largest absolute Gasteiger partial charge is 0.371 e. The van der Waals surface area contributed by atoms with Gasteiger partial charge in [-0.05, 0) is 105 Å². The molecule has 2 saturated heterocycles. The molecule has 0 spiro atoms. The summed E-state index contributed by atoms with van der Waals surface area (Å²) >= 11 is 0. The molecule has 9 heteroatoms. The van der Waals surface area contributed by atoms with Crippen LogP contribution in [0.15, 0.2) is 42.5 Å². The van der Waals surface area contributed by atoms with Crippen molar-refractivity contribution in [1.29, 1.82) is 0 Å². The van der Waals surface area contributed by atoms with Crippen LogP contribution in [-0.4, -0.2) is 64.0 Å². The summed E-state index contributed by atoms with van der Waals surface area (Å²) in [4.78, 5) is 48.0. The first-order chi connectivity index (χ1) is 22.7. The number of aromatic nitrogens is 3. The van der Waals surface area contributed by atoms with Crippen molar-refractivity contribution >= 4 is 40.0 Å². The Morgan fingerprint density at radius 3 is 2.55 bits per heavy atom. The zero-order valence-corrected chi connectivity index (χ0v) is 27.5. The number of hydrogen-bond acceptors (Lipinski definition) is 5. The summed E-state index contributed by atoms with van der Waals surface area (Å²) in [7, 11) is 0. The molecule has 47 heavy (non-hydrogen) atoms. The first kappa shape index (κ1) is 30.0. The van der Waals surface area contributed by atoms with Gasteiger partial charge in [-0.1, -0.05) is 19.9 Å². The standard InChI is InChI=1S/C38H44N6O3/c1-38(2)15-12-29-32(22-38)40-41-36(29)31-20-25-8-9-27(21-30(25)39-31)37(47)42-17-13-24(14-18-42)23-43-16-4-5-26-19-28(10-11-33(26)43)44-34(45)6-3-7-35(44)46/h8-11,19-21,24,39H,3-7,12-18,22-23H2,1-2H3,(H,40,41). The molecule has 8 rings (SSSR count). The number of aryl methyl sites for hydroxylation is 1. The molecule has 2 aromatic carbocycles. The number of nitrogens with one attached hydrogen (secondary N) is 2. The Labute approximate surface area is 275 Å². The number of rotatable bonds is 5. The smallest absolute Gasteiger partial charge is 0.253 e. The van der Waals surface area contributed by atoms with Gasteiger partial charge in [0.2, 0.25) is 11.8 Å². The van der Waals surface area contributed by atoms with Crippen LogP contribution in [0.5, 0.6) is 0 Å². The van der Waals surface area contributed by atoms with Gasteiger partial charge in [0, 0.05) is 72.4 Å². The summed E-state index contributed by atoms with van der Waals surface area (Å²) < 4.78 is 0. The van der Waals surface area contributed by atoms with Crippen LogP contribution in [0.4, 0.5) is 11.4 Å². The van der Waals surface area contributed by atoms with Gasteiger partial charge in [-0.2, -0.15) is 5.10 Å². The maximum absolute atomic E-state index is 13.6. The predicted octanol–water partition coefficient (Wildman–Crippen LogP) is 6.42. The monoisotopic (exact) mass is 632 g/mol. The average Bonchev–Trinajstić information content (AvgIpc) is 3.67. The lowest BCUT2D eigenvalue weighted by Gasteiger charge is -2.38. The number of aromatic amines is 2. The minimum Gasteiger partial charge on any atom is -0.371 e. The van der Waals surface area contributed by atoms with E-state index >= 15 is 0 Å². The highest BCUT2D eigenvalue weighted by atomic mass is 16.2. The molecule has 244 valence electrons. The summed E-state index contributed by atoms with van der Waals surface area (Å²) in [6.45, 7) is 8.11. The predicted molar refractivity (Wildman–Crippen MR) is 184 cm³/mol. The first-order valence-corrected chi connectivity index (χ1v) is 17.4. The van der Waals surface area contributed by atoms with E-state index in [1.807, 2.05) is 29.2 Å². The van der Waals surface area contributed by atoms with Crippen LogP contribution in [0.1, 0.15) is 86.0 Å². The highest BCUT2D eigenvalue weighted by Crippen LogP contribution is 2.39. The number of imide groups is 1. The molecule has 2 aromatic heterocycles. The summed E-state index contributed by atoms with van der Waals surface area (Å²) in [5, 5.41) is 9.07. The van der Waals surface area contributed by atoms with Crippen molar-refractivity contribution in [1.82, 2.24) is 20.1 Å². The van der Waals surface area contributed by atoms with Gasteiger partial charge in [-0.25, -0.2) is 0 Å². The Kier molecular flexibility index (Phi) is 7.45. The molecule has 3 amide bonds. The Morgan fingerprint density at radius 2 is 1.74 bits per heavy atom. The molecule has 1 aliphatic carbocycles. The van der Waals surface area contributed by atoms with Crippen LogP contribution in [0.2, 0.25) is 0 Å². The van der Waals surface area contributed by atoms with Crippen molar-refractivity contribution in [3.63, 3.8) is 0 Å². The molecule has 5 heterocycles. The number of anilines is 2. The minimum absolute atomic E-state index is 0.0933. The molecule has 0 unspecified atom stereocenters. The third-order valence-electron chi connectivity index (χ3n) is 11.0. The number of fused-ring (bicyclic) bond motifs is 3. The Morgan fingerprint density at radius 1 is 0.936 bits per heavy atom. The molecule has 0 radical (unpaired) electrons.